The molecule has 9 nitrogen and oxygen atoms in total. The van der Waals surface area contributed by atoms with Crippen molar-refractivity contribution in [3.05, 3.63) is 71.3 Å². The third-order valence-electron chi connectivity index (χ3n) is 7.12. The summed E-state index contributed by atoms with van der Waals surface area (Å²) in [5.41, 5.74) is 2.00. The maximum absolute atomic E-state index is 15.1. The Bertz CT molecular complexity index is 1570. The van der Waals surface area contributed by atoms with E-state index < -0.39 is 11.6 Å². The Morgan fingerprint density at radius 2 is 1.79 bits per heavy atom. The number of benzene rings is 2. The fraction of sp³-hybridized carbons (Fsp3) is 0.290. The van der Waals surface area contributed by atoms with Crippen LogP contribution < -0.4 is 40.8 Å². The number of fused-ring (bicyclic) bond motifs is 1. The standard InChI is InChI=1S/C31H36F2N6O3/c1-7-28(40)37-23-15-21(39(4)12-11-38(3)8-2)9-10-22(23)36-27-14-20-17-34-24(13-19(20)18-35-27)29-30(32)25(41-5)16-26(42-6)31(29)33/h7,9-10,13-18,27,35-36H,1,8,11-12H2,2-6H3,(H,37,40). The Hall–Kier alpha value is -4.64. The monoisotopic (exact) mass is 578 g/mol. The van der Waals surface area contributed by atoms with Crippen molar-refractivity contribution in [2.24, 2.45) is 0 Å². The molecule has 2 aromatic carbocycles. The van der Waals surface area contributed by atoms with Crippen molar-refractivity contribution in [1.82, 2.24) is 15.2 Å². The molecule has 222 valence electrons. The van der Waals surface area contributed by atoms with Gasteiger partial charge in [0, 0.05) is 54.7 Å². The fourth-order valence-corrected chi connectivity index (χ4v) is 4.44. The first-order valence-corrected chi connectivity index (χ1v) is 13.5. The van der Waals surface area contributed by atoms with E-state index >= 15 is 8.78 Å². The van der Waals surface area contributed by atoms with Crippen LogP contribution in [0.15, 0.2) is 49.2 Å². The number of rotatable bonds is 12. The number of hydrogen-bond donors (Lipinski definition) is 3. The van der Waals surface area contributed by atoms with Gasteiger partial charge in [-0.25, -0.2) is 8.78 Å². The van der Waals surface area contributed by atoms with Gasteiger partial charge in [0.1, 0.15) is 6.17 Å². The molecule has 2 heterocycles. The number of nitrogens with zero attached hydrogens (tertiary/aromatic N) is 3. The SMILES string of the molecule is C=CC(=O)Nc1cc(N(C)CCN(C)CC)ccc1NC1C=c2cnc(-c3c(F)c(OC)cc(OC)c3F)cc2=CN1. The summed E-state index contributed by atoms with van der Waals surface area (Å²) in [6, 6.07) is 8.55. The van der Waals surface area contributed by atoms with Crippen molar-refractivity contribution in [2.45, 2.75) is 13.1 Å². The third-order valence-corrected chi connectivity index (χ3v) is 7.12. The average Bonchev–Trinajstić information content (AvgIpc) is 3.00. The molecule has 1 aliphatic heterocycles. The van der Waals surface area contributed by atoms with Crippen molar-refractivity contribution in [3.8, 4) is 22.8 Å². The molecule has 11 heteroatoms. The summed E-state index contributed by atoms with van der Waals surface area (Å²) < 4.78 is 40.2. The Morgan fingerprint density at radius 3 is 2.43 bits per heavy atom. The number of aromatic nitrogens is 1. The number of halogens is 2. The van der Waals surface area contributed by atoms with Crippen LogP contribution in [0.2, 0.25) is 0 Å². The second kappa shape index (κ2) is 13.3. The summed E-state index contributed by atoms with van der Waals surface area (Å²) in [5.74, 6) is -2.35. The number of carbonyl (C=O) groups excluding carboxylic acids is 1. The predicted octanol–water partition coefficient (Wildman–Crippen LogP) is 3.12. The van der Waals surface area contributed by atoms with Crippen molar-refractivity contribution >= 4 is 35.2 Å². The lowest BCUT2D eigenvalue weighted by atomic mass is 10.1. The van der Waals surface area contributed by atoms with E-state index in [1.54, 1.807) is 18.5 Å². The maximum Gasteiger partial charge on any atom is 0.247 e. The molecule has 0 saturated heterocycles. The number of anilines is 3. The topological polar surface area (TPSA) is 91.0 Å². The summed E-state index contributed by atoms with van der Waals surface area (Å²) in [7, 11) is 6.67. The Morgan fingerprint density at radius 1 is 1.07 bits per heavy atom. The number of carbonyl (C=O) groups is 1. The molecule has 1 unspecified atom stereocenters. The van der Waals surface area contributed by atoms with E-state index in [9.17, 15) is 4.79 Å². The molecule has 1 atom stereocenters. The average molecular weight is 579 g/mol. The van der Waals surface area contributed by atoms with Crippen LogP contribution in [0.4, 0.5) is 25.8 Å². The van der Waals surface area contributed by atoms with Gasteiger partial charge in [-0.1, -0.05) is 13.5 Å². The van der Waals surface area contributed by atoms with E-state index in [-0.39, 0.29) is 34.8 Å². The van der Waals surface area contributed by atoms with Gasteiger partial charge in [0.25, 0.3) is 0 Å². The minimum atomic E-state index is -0.865. The molecule has 0 spiro atoms. The summed E-state index contributed by atoms with van der Waals surface area (Å²) >= 11 is 0. The van der Waals surface area contributed by atoms with Crippen LogP contribution in [-0.4, -0.2) is 69.9 Å². The fourth-order valence-electron chi connectivity index (χ4n) is 4.44. The first-order chi connectivity index (χ1) is 20.2. The van der Waals surface area contributed by atoms with Gasteiger partial charge in [-0.05, 0) is 50.0 Å². The smallest absolute Gasteiger partial charge is 0.247 e. The molecule has 42 heavy (non-hydrogen) atoms. The van der Waals surface area contributed by atoms with Crippen LogP contribution in [0, 0.1) is 11.6 Å². The van der Waals surface area contributed by atoms with E-state index in [2.05, 4.69) is 51.3 Å². The molecule has 0 radical (unpaired) electrons. The zero-order valence-electron chi connectivity index (χ0n) is 24.4. The zero-order chi connectivity index (χ0) is 30.4. The van der Waals surface area contributed by atoms with Crippen molar-refractivity contribution < 1.29 is 23.0 Å². The summed E-state index contributed by atoms with van der Waals surface area (Å²) in [6.45, 7) is 8.36. The third kappa shape index (κ3) is 6.63. The van der Waals surface area contributed by atoms with Crippen LogP contribution in [0.5, 0.6) is 11.5 Å². The highest BCUT2D eigenvalue weighted by molar-refractivity contribution is 6.01. The summed E-state index contributed by atoms with van der Waals surface area (Å²) in [5, 5.41) is 10.9. The van der Waals surface area contributed by atoms with Crippen LogP contribution in [-0.2, 0) is 4.79 Å². The number of amides is 1. The van der Waals surface area contributed by atoms with Crippen molar-refractivity contribution in [2.75, 3.05) is 63.5 Å². The molecule has 1 aromatic heterocycles. The molecule has 0 fully saturated rings. The van der Waals surface area contributed by atoms with Crippen molar-refractivity contribution in [3.63, 3.8) is 0 Å². The highest BCUT2D eigenvalue weighted by Gasteiger charge is 2.23. The molecule has 3 aromatic rings. The molecule has 1 amide bonds. The molecular weight excluding hydrogens is 542 g/mol. The highest BCUT2D eigenvalue weighted by Crippen LogP contribution is 2.36. The van der Waals surface area contributed by atoms with Crippen LogP contribution in [0.25, 0.3) is 23.5 Å². The summed E-state index contributed by atoms with van der Waals surface area (Å²) in [6.07, 6.45) is 6.03. The van der Waals surface area contributed by atoms with E-state index in [0.717, 1.165) is 36.6 Å². The number of likely N-dealkylation sites (N-methyl/N-ethyl adjacent to an activating group) is 2. The number of ether oxygens (including phenoxy) is 2. The van der Waals surface area contributed by atoms with E-state index in [4.69, 9.17) is 9.47 Å². The molecule has 0 aliphatic carbocycles. The Balaban J connectivity index is 1.61. The molecule has 4 rings (SSSR count). The van der Waals surface area contributed by atoms with Gasteiger partial charge in [-0.3, -0.25) is 9.78 Å². The van der Waals surface area contributed by atoms with E-state index in [1.807, 2.05) is 31.3 Å². The summed E-state index contributed by atoms with van der Waals surface area (Å²) in [4.78, 5) is 20.9. The van der Waals surface area contributed by atoms with Crippen molar-refractivity contribution in [1.29, 1.82) is 0 Å². The minimum Gasteiger partial charge on any atom is -0.494 e. The molecule has 1 aliphatic rings. The molecule has 0 bridgehead atoms. The zero-order valence-corrected chi connectivity index (χ0v) is 24.4. The number of hydrogen-bond acceptors (Lipinski definition) is 8. The predicted molar refractivity (Wildman–Crippen MR) is 163 cm³/mol. The number of pyridine rings is 1. The Labute approximate surface area is 244 Å². The van der Waals surface area contributed by atoms with Gasteiger partial charge in [-0.2, -0.15) is 0 Å². The second-order valence-corrected chi connectivity index (χ2v) is 9.82. The molecule has 0 saturated carbocycles. The minimum absolute atomic E-state index is 0.0954. The van der Waals surface area contributed by atoms with Crippen LogP contribution >= 0.6 is 0 Å². The van der Waals surface area contributed by atoms with Crippen LogP contribution in [0.3, 0.4) is 0 Å². The first kappa shape index (κ1) is 30.3. The largest absolute Gasteiger partial charge is 0.494 e. The first-order valence-electron chi connectivity index (χ1n) is 13.5. The van der Waals surface area contributed by atoms with Gasteiger partial charge < -0.3 is 35.2 Å². The highest BCUT2D eigenvalue weighted by atomic mass is 19.1. The van der Waals surface area contributed by atoms with Gasteiger partial charge in [0.2, 0.25) is 5.91 Å². The quantitative estimate of drug-likeness (QED) is 0.283. The maximum atomic E-state index is 15.1. The molecular formula is C31H36F2N6O3. The molecule has 3 N–H and O–H groups in total. The van der Waals surface area contributed by atoms with Gasteiger partial charge in [0.05, 0.1) is 36.9 Å². The second-order valence-electron chi connectivity index (χ2n) is 9.82. The number of methoxy groups -OCH3 is 2. The lowest BCUT2D eigenvalue weighted by molar-refractivity contribution is -0.111. The number of nitrogens with one attached hydrogen (secondary N) is 3. The normalized spacial score (nSPS) is 13.7. The van der Waals surface area contributed by atoms with Gasteiger partial charge >= 0.3 is 0 Å². The van der Waals surface area contributed by atoms with Crippen LogP contribution in [0.1, 0.15) is 6.92 Å². The lowest BCUT2D eigenvalue weighted by Crippen LogP contribution is -2.42. The Kier molecular flexibility index (Phi) is 9.64. The van der Waals surface area contributed by atoms with Gasteiger partial charge in [-0.15, -0.1) is 0 Å². The van der Waals surface area contributed by atoms with E-state index in [1.165, 1.54) is 20.3 Å². The lowest BCUT2D eigenvalue weighted by Gasteiger charge is -2.25. The van der Waals surface area contributed by atoms with E-state index in [0.29, 0.717) is 16.6 Å². The van der Waals surface area contributed by atoms with Gasteiger partial charge in [0.15, 0.2) is 23.1 Å².